The molecule has 0 spiro atoms. The van der Waals surface area contributed by atoms with Gasteiger partial charge >= 0.3 is 0 Å². The molecule has 0 aliphatic heterocycles. The van der Waals surface area contributed by atoms with Crippen molar-refractivity contribution >= 4 is 0 Å². The maximum Gasteiger partial charge on any atom is 0.0870 e. The van der Waals surface area contributed by atoms with Crippen molar-refractivity contribution in [2.45, 2.75) is 12.5 Å². The largest absolute Gasteiger partial charge is 0.376 e. The van der Waals surface area contributed by atoms with Gasteiger partial charge in [-0.3, -0.25) is 0 Å². The normalized spacial score (nSPS) is 23.9. The Bertz CT molecular complexity index is 623. The lowest BCUT2D eigenvalue weighted by Gasteiger charge is -2.22. The molecule has 2 unspecified atom stereocenters. The average molecular weight is 248 g/mol. The third-order valence-corrected chi connectivity index (χ3v) is 3.61. The second kappa shape index (κ2) is 5.30. The molecule has 1 aromatic carbocycles. The summed E-state index contributed by atoms with van der Waals surface area (Å²) in [6.45, 7) is 0. The van der Waals surface area contributed by atoms with Crippen LogP contribution in [-0.4, -0.2) is 7.11 Å². The van der Waals surface area contributed by atoms with Crippen LogP contribution in [0.3, 0.4) is 0 Å². The highest BCUT2D eigenvalue weighted by Crippen LogP contribution is 2.32. The molecule has 0 saturated heterocycles. The first-order valence-corrected chi connectivity index (χ1v) is 6.55. The maximum atomic E-state index is 5.69. The van der Waals surface area contributed by atoms with E-state index >= 15 is 0 Å². The SMILES string of the molecule is COC1CC2=CC=CC=CC2C#Cc2ccccc21. The average Bonchev–Trinajstić information content (AvgIpc) is 2.65. The quantitative estimate of drug-likeness (QED) is 0.687. The van der Waals surface area contributed by atoms with Crippen molar-refractivity contribution in [1.82, 2.24) is 0 Å². The van der Waals surface area contributed by atoms with Crippen LogP contribution < -0.4 is 0 Å². The molecule has 0 saturated carbocycles. The van der Waals surface area contributed by atoms with E-state index in [2.05, 4.69) is 54.4 Å². The Morgan fingerprint density at radius 1 is 1.16 bits per heavy atom. The lowest BCUT2D eigenvalue weighted by atomic mass is 9.87. The zero-order valence-electron chi connectivity index (χ0n) is 11.0. The van der Waals surface area contributed by atoms with Gasteiger partial charge in [0.05, 0.1) is 12.0 Å². The van der Waals surface area contributed by atoms with Crippen LogP contribution in [0.1, 0.15) is 23.7 Å². The third-order valence-electron chi connectivity index (χ3n) is 3.61. The molecule has 19 heavy (non-hydrogen) atoms. The molecule has 3 rings (SSSR count). The number of methoxy groups -OCH3 is 1. The fourth-order valence-corrected chi connectivity index (χ4v) is 2.56. The third kappa shape index (κ3) is 2.41. The zero-order valence-corrected chi connectivity index (χ0v) is 11.0. The van der Waals surface area contributed by atoms with Crippen LogP contribution in [0.2, 0.25) is 0 Å². The maximum absolute atomic E-state index is 5.69. The molecule has 1 aromatic rings. The molecule has 0 N–H and O–H groups in total. The van der Waals surface area contributed by atoms with Gasteiger partial charge in [-0.15, -0.1) is 0 Å². The number of fused-ring (bicyclic) bond motifs is 2. The van der Waals surface area contributed by atoms with E-state index in [4.69, 9.17) is 4.74 Å². The van der Waals surface area contributed by atoms with E-state index in [9.17, 15) is 0 Å². The molecule has 1 heteroatoms. The number of hydrogen-bond acceptors (Lipinski definition) is 1. The summed E-state index contributed by atoms with van der Waals surface area (Å²) in [4.78, 5) is 0. The molecule has 0 radical (unpaired) electrons. The van der Waals surface area contributed by atoms with Crippen molar-refractivity contribution in [3.05, 3.63) is 71.3 Å². The van der Waals surface area contributed by atoms with Crippen LogP contribution in [0.25, 0.3) is 0 Å². The summed E-state index contributed by atoms with van der Waals surface area (Å²) >= 11 is 0. The second-order valence-electron chi connectivity index (χ2n) is 4.77. The van der Waals surface area contributed by atoms with Crippen LogP contribution >= 0.6 is 0 Å². The molecule has 0 amide bonds. The number of allylic oxidation sites excluding steroid dienone is 5. The van der Waals surface area contributed by atoms with Crippen molar-refractivity contribution in [3.63, 3.8) is 0 Å². The van der Waals surface area contributed by atoms with Crippen molar-refractivity contribution in [1.29, 1.82) is 0 Å². The predicted octanol–water partition coefficient (Wildman–Crippen LogP) is 3.80. The Morgan fingerprint density at radius 2 is 2.05 bits per heavy atom. The van der Waals surface area contributed by atoms with Gasteiger partial charge in [-0.2, -0.15) is 0 Å². The molecule has 1 nitrogen and oxygen atoms in total. The lowest BCUT2D eigenvalue weighted by Crippen LogP contribution is -2.11. The van der Waals surface area contributed by atoms with Crippen LogP contribution in [0.5, 0.6) is 0 Å². The topological polar surface area (TPSA) is 9.23 Å². The highest BCUT2D eigenvalue weighted by atomic mass is 16.5. The summed E-state index contributed by atoms with van der Waals surface area (Å²) < 4.78 is 5.69. The summed E-state index contributed by atoms with van der Waals surface area (Å²) in [5.41, 5.74) is 3.59. The van der Waals surface area contributed by atoms with E-state index in [1.54, 1.807) is 7.11 Å². The molecule has 94 valence electrons. The summed E-state index contributed by atoms with van der Waals surface area (Å²) in [6, 6.07) is 8.26. The Hall–Kier alpha value is -2.04. The molecule has 2 aliphatic carbocycles. The Morgan fingerprint density at radius 3 is 2.95 bits per heavy atom. The standard InChI is InChI=1S/C18H16O/c1-19-18-13-16-9-4-2-3-7-14(16)11-12-15-8-5-6-10-17(15)18/h2-10,14,18H,13H2,1H3. The first-order chi connectivity index (χ1) is 9.38. The summed E-state index contributed by atoms with van der Waals surface area (Å²) in [5, 5.41) is 0. The Labute approximate surface area is 114 Å². The van der Waals surface area contributed by atoms with E-state index in [0.717, 1.165) is 12.0 Å². The zero-order chi connectivity index (χ0) is 13.1. The van der Waals surface area contributed by atoms with Crippen molar-refractivity contribution in [3.8, 4) is 11.8 Å². The van der Waals surface area contributed by atoms with Gasteiger partial charge in [-0.1, -0.05) is 60.4 Å². The van der Waals surface area contributed by atoms with Crippen molar-refractivity contribution in [2.75, 3.05) is 7.11 Å². The monoisotopic (exact) mass is 248 g/mol. The fraction of sp³-hybridized carbons (Fsp3) is 0.222. The number of hydrogen-bond donors (Lipinski definition) is 0. The highest BCUT2D eigenvalue weighted by molar-refractivity contribution is 5.47. The Kier molecular flexibility index (Phi) is 3.35. The molecular weight excluding hydrogens is 232 g/mol. The minimum absolute atomic E-state index is 0.0828. The molecule has 0 fully saturated rings. The molecule has 2 atom stereocenters. The van der Waals surface area contributed by atoms with Gasteiger partial charge in [0.25, 0.3) is 0 Å². The van der Waals surface area contributed by atoms with Gasteiger partial charge in [-0.25, -0.2) is 0 Å². The first-order valence-electron chi connectivity index (χ1n) is 6.55. The molecule has 2 aliphatic rings. The molecule has 0 heterocycles. The number of rotatable bonds is 1. The summed E-state index contributed by atoms with van der Waals surface area (Å²) in [6.07, 6.45) is 11.5. The highest BCUT2D eigenvalue weighted by Gasteiger charge is 2.21. The fourth-order valence-electron chi connectivity index (χ4n) is 2.56. The van der Waals surface area contributed by atoms with E-state index in [1.165, 1.54) is 11.1 Å². The molecular formula is C18H16O. The Balaban J connectivity index is 2.11. The van der Waals surface area contributed by atoms with Gasteiger partial charge in [0.2, 0.25) is 0 Å². The minimum atomic E-state index is 0.0828. The van der Waals surface area contributed by atoms with E-state index in [1.807, 2.05) is 12.1 Å². The number of ether oxygens (including phenoxy) is 1. The summed E-state index contributed by atoms with van der Waals surface area (Å²) in [5.74, 6) is 6.87. The molecule has 0 aromatic heterocycles. The van der Waals surface area contributed by atoms with Crippen LogP contribution in [0.15, 0.2) is 60.2 Å². The first kappa shape index (κ1) is 12.0. The van der Waals surface area contributed by atoms with Crippen LogP contribution in [-0.2, 0) is 4.74 Å². The van der Waals surface area contributed by atoms with Crippen LogP contribution in [0.4, 0.5) is 0 Å². The van der Waals surface area contributed by atoms with Gasteiger partial charge in [0.1, 0.15) is 0 Å². The van der Waals surface area contributed by atoms with E-state index in [-0.39, 0.29) is 12.0 Å². The second-order valence-corrected chi connectivity index (χ2v) is 4.77. The van der Waals surface area contributed by atoms with Gasteiger partial charge in [0.15, 0.2) is 0 Å². The van der Waals surface area contributed by atoms with Crippen molar-refractivity contribution < 1.29 is 4.74 Å². The van der Waals surface area contributed by atoms with Crippen LogP contribution in [0, 0.1) is 17.8 Å². The smallest absolute Gasteiger partial charge is 0.0870 e. The predicted molar refractivity (Wildman–Crippen MR) is 77.5 cm³/mol. The van der Waals surface area contributed by atoms with Gasteiger partial charge < -0.3 is 4.74 Å². The van der Waals surface area contributed by atoms with Gasteiger partial charge in [-0.05, 0) is 17.2 Å². The summed E-state index contributed by atoms with van der Waals surface area (Å²) in [7, 11) is 1.77. The van der Waals surface area contributed by atoms with Crippen molar-refractivity contribution in [2.24, 2.45) is 5.92 Å². The minimum Gasteiger partial charge on any atom is -0.376 e. The van der Waals surface area contributed by atoms with E-state index < -0.39 is 0 Å². The van der Waals surface area contributed by atoms with E-state index in [0.29, 0.717) is 0 Å². The lowest BCUT2D eigenvalue weighted by molar-refractivity contribution is 0.102. The molecule has 0 bridgehead atoms. The number of benzene rings is 1. The van der Waals surface area contributed by atoms with Gasteiger partial charge in [0, 0.05) is 19.1 Å².